The molecular weight excluding hydrogens is 244 g/mol. The van der Waals surface area contributed by atoms with Gasteiger partial charge in [0, 0.05) is 11.8 Å². The second-order valence-electron chi connectivity index (χ2n) is 2.78. The number of carbonyl (C=O) groups excluding carboxylic acids is 1. The average Bonchev–Trinajstić information content (AvgIpc) is 2.65. The Labute approximate surface area is 89.5 Å². The maximum absolute atomic E-state index is 10.8. The first-order valence-corrected chi connectivity index (χ1v) is 4.85. The Morgan fingerprint density at radius 1 is 1.36 bits per heavy atom. The van der Waals surface area contributed by atoms with Crippen molar-refractivity contribution in [3.8, 4) is 5.69 Å². The minimum absolute atomic E-state index is 0.628. The van der Waals surface area contributed by atoms with Crippen LogP contribution in [0.2, 0.25) is 0 Å². The van der Waals surface area contributed by atoms with E-state index in [1.165, 1.54) is 0 Å². The van der Waals surface area contributed by atoms with Crippen LogP contribution in [0, 0.1) is 0 Å². The van der Waals surface area contributed by atoms with Crippen LogP contribution in [0.15, 0.2) is 41.1 Å². The highest BCUT2D eigenvalue weighted by Gasteiger charge is 2.03. The van der Waals surface area contributed by atoms with Crippen LogP contribution in [0.3, 0.4) is 0 Å². The van der Waals surface area contributed by atoms with Crippen molar-refractivity contribution in [3.05, 3.63) is 46.7 Å². The summed E-state index contributed by atoms with van der Waals surface area (Å²) in [6.07, 6.45) is 4.31. The summed E-state index contributed by atoms with van der Waals surface area (Å²) >= 11 is 3.30. The van der Waals surface area contributed by atoms with Crippen LogP contribution in [-0.2, 0) is 0 Å². The SMILES string of the molecule is O=Cc1ccccc1-n1cc(Br)cn1. The lowest BCUT2D eigenvalue weighted by Crippen LogP contribution is -1.98. The van der Waals surface area contributed by atoms with Gasteiger partial charge in [-0.25, -0.2) is 4.68 Å². The van der Waals surface area contributed by atoms with Crippen LogP contribution in [0.25, 0.3) is 5.69 Å². The summed E-state index contributed by atoms with van der Waals surface area (Å²) in [5.41, 5.74) is 1.41. The number of para-hydroxylation sites is 1. The summed E-state index contributed by atoms with van der Waals surface area (Å²) in [5, 5.41) is 4.11. The average molecular weight is 251 g/mol. The molecule has 0 aliphatic heterocycles. The van der Waals surface area contributed by atoms with E-state index in [0.29, 0.717) is 5.56 Å². The van der Waals surface area contributed by atoms with Crippen LogP contribution in [0.5, 0.6) is 0 Å². The first-order chi connectivity index (χ1) is 6.81. The minimum Gasteiger partial charge on any atom is -0.298 e. The predicted molar refractivity (Wildman–Crippen MR) is 56.7 cm³/mol. The molecule has 0 amide bonds. The molecule has 0 aliphatic carbocycles. The minimum atomic E-state index is 0.628. The molecule has 3 nitrogen and oxygen atoms in total. The molecule has 14 heavy (non-hydrogen) atoms. The van der Waals surface area contributed by atoms with Gasteiger partial charge < -0.3 is 0 Å². The molecule has 4 heteroatoms. The Morgan fingerprint density at radius 3 is 2.79 bits per heavy atom. The molecule has 0 atom stereocenters. The van der Waals surface area contributed by atoms with Gasteiger partial charge in [0.25, 0.3) is 0 Å². The molecule has 0 aliphatic rings. The van der Waals surface area contributed by atoms with Gasteiger partial charge in [0.15, 0.2) is 6.29 Å². The van der Waals surface area contributed by atoms with Crippen molar-refractivity contribution in [1.29, 1.82) is 0 Å². The highest BCUT2D eigenvalue weighted by Crippen LogP contribution is 2.14. The number of aldehydes is 1. The van der Waals surface area contributed by atoms with Crippen molar-refractivity contribution in [2.75, 3.05) is 0 Å². The first kappa shape index (κ1) is 9.15. The first-order valence-electron chi connectivity index (χ1n) is 4.06. The van der Waals surface area contributed by atoms with Gasteiger partial charge in [-0.15, -0.1) is 0 Å². The van der Waals surface area contributed by atoms with Crippen LogP contribution in [0.4, 0.5) is 0 Å². The zero-order valence-electron chi connectivity index (χ0n) is 7.22. The molecule has 0 saturated carbocycles. The van der Waals surface area contributed by atoms with E-state index in [1.54, 1.807) is 16.9 Å². The quantitative estimate of drug-likeness (QED) is 0.768. The van der Waals surface area contributed by atoms with Crippen LogP contribution in [-0.4, -0.2) is 16.1 Å². The van der Waals surface area contributed by atoms with Gasteiger partial charge in [-0.1, -0.05) is 12.1 Å². The highest BCUT2D eigenvalue weighted by molar-refractivity contribution is 9.10. The normalized spacial score (nSPS) is 10.1. The van der Waals surface area contributed by atoms with E-state index in [1.807, 2.05) is 24.4 Å². The number of halogens is 1. The number of hydrogen-bond donors (Lipinski definition) is 0. The zero-order valence-corrected chi connectivity index (χ0v) is 8.81. The third-order valence-corrected chi connectivity index (χ3v) is 2.27. The fourth-order valence-electron chi connectivity index (χ4n) is 1.23. The van der Waals surface area contributed by atoms with Gasteiger partial charge >= 0.3 is 0 Å². The lowest BCUT2D eigenvalue weighted by Gasteiger charge is -2.02. The molecule has 1 heterocycles. The highest BCUT2D eigenvalue weighted by atomic mass is 79.9. The van der Waals surface area contributed by atoms with Crippen molar-refractivity contribution in [2.24, 2.45) is 0 Å². The third kappa shape index (κ3) is 1.61. The molecule has 2 rings (SSSR count). The molecule has 0 fully saturated rings. The standard InChI is InChI=1S/C10H7BrN2O/c11-9-5-12-13(6-9)10-4-2-1-3-8(10)7-14/h1-7H. The summed E-state index contributed by atoms with van der Waals surface area (Å²) in [6.45, 7) is 0. The summed E-state index contributed by atoms with van der Waals surface area (Å²) in [4.78, 5) is 10.8. The molecule has 0 N–H and O–H groups in total. The Balaban J connectivity index is 2.55. The molecule has 70 valence electrons. The Hall–Kier alpha value is -1.42. The molecule has 1 aromatic heterocycles. The van der Waals surface area contributed by atoms with E-state index < -0.39 is 0 Å². The lowest BCUT2D eigenvalue weighted by molar-refractivity contribution is 0.112. The third-order valence-electron chi connectivity index (χ3n) is 1.86. The van der Waals surface area contributed by atoms with E-state index in [9.17, 15) is 4.79 Å². The van der Waals surface area contributed by atoms with Crippen molar-refractivity contribution >= 4 is 22.2 Å². The van der Waals surface area contributed by atoms with E-state index in [4.69, 9.17) is 0 Å². The van der Waals surface area contributed by atoms with Gasteiger partial charge in [0.1, 0.15) is 0 Å². The molecule has 1 aromatic carbocycles. The van der Waals surface area contributed by atoms with Crippen LogP contribution >= 0.6 is 15.9 Å². The van der Waals surface area contributed by atoms with Gasteiger partial charge in [-0.3, -0.25) is 4.79 Å². The molecule has 0 spiro atoms. The molecule has 0 saturated heterocycles. The van der Waals surface area contributed by atoms with Crippen molar-refractivity contribution in [2.45, 2.75) is 0 Å². The summed E-state index contributed by atoms with van der Waals surface area (Å²) in [6, 6.07) is 7.31. The lowest BCUT2D eigenvalue weighted by atomic mass is 10.2. The van der Waals surface area contributed by atoms with Crippen LogP contribution < -0.4 is 0 Å². The van der Waals surface area contributed by atoms with Crippen LogP contribution in [0.1, 0.15) is 10.4 Å². The zero-order chi connectivity index (χ0) is 9.97. The van der Waals surface area contributed by atoms with Crippen molar-refractivity contribution in [3.63, 3.8) is 0 Å². The van der Waals surface area contributed by atoms with Gasteiger partial charge in [-0.05, 0) is 28.1 Å². The van der Waals surface area contributed by atoms with E-state index >= 15 is 0 Å². The molecule has 0 radical (unpaired) electrons. The maximum atomic E-state index is 10.8. The Bertz CT molecular complexity index is 465. The molecule has 0 bridgehead atoms. The number of hydrogen-bond acceptors (Lipinski definition) is 2. The number of carbonyl (C=O) groups is 1. The number of benzene rings is 1. The van der Waals surface area contributed by atoms with Gasteiger partial charge in [0.2, 0.25) is 0 Å². The number of nitrogens with zero attached hydrogens (tertiary/aromatic N) is 2. The van der Waals surface area contributed by atoms with Gasteiger partial charge in [-0.2, -0.15) is 5.10 Å². The second-order valence-corrected chi connectivity index (χ2v) is 3.70. The number of rotatable bonds is 2. The summed E-state index contributed by atoms with van der Waals surface area (Å²) < 4.78 is 2.55. The Kier molecular flexibility index (Phi) is 2.45. The smallest absolute Gasteiger partial charge is 0.152 e. The van der Waals surface area contributed by atoms with Crippen molar-refractivity contribution in [1.82, 2.24) is 9.78 Å². The predicted octanol–water partition coefficient (Wildman–Crippen LogP) is 2.45. The van der Waals surface area contributed by atoms with Gasteiger partial charge in [0.05, 0.1) is 16.4 Å². The topological polar surface area (TPSA) is 34.9 Å². The number of aromatic nitrogens is 2. The molecular formula is C10H7BrN2O. The van der Waals surface area contributed by atoms with E-state index in [2.05, 4.69) is 21.0 Å². The Morgan fingerprint density at radius 2 is 2.14 bits per heavy atom. The monoisotopic (exact) mass is 250 g/mol. The van der Waals surface area contributed by atoms with Crippen molar-refractivity contribution < 1.29 is 4.79 Å². The molecule has 2 aromatic rings. The maximum Gasteiger partial charge on any atom is 0.152 e. The largest absolute Gasteiger partial charge is 0.298 e. The molecule has 0 unspecified atom stereocenters. The fraction of sp³-hybridized carbons (Fsp3) is 0. The van der Waals surface area contributed by atoms with E-state index in [0.717, 1.165) is 16.4 Å². The summed E-state index contributed by atoms with van der Waals surface area (Å²) in [7, 11) is 0. The fourth-order valence-corrected chi connectivity index (χ4v) is 1.51. The summed E-state index contributed by atoms with van der Waals surface area (Å²) in [5.74, 6) is 0. The second kappa shape index (κ2) is 3.75. The van der Waals surface area contributed by atoms with E-state index in [-0.39, 0.29) is 0 Å².